The van der Waals surface area contributed by atoms with Crippen LogP contribution in [-0.4, -0.2) is 27.8 Å². The first-order valence-electron chi connectivity index (χ1n) is 8.24. The standard InChI is InChI=1S/C19H19ClN2O5S/c1-11-7-13(16-8-12(2)21-27-16)5-6-19(11)28(23,24)22-15-9-14(20)17(25-3)10-18(15)26-4/h5-10,22H,1-4H3. The lowest BCUT2D eigenvalue weighted by molar-refractivity contribution is 0.396. The highest BCUT2D eigenvalue weighted by Crippen LogP contribution is 2.37. The van der Waals surface area contributed by atoms with E-state index in [1.165, 1.54) is 32.4 Å². The third-order valence-electron chi connectivity index (χ3n) is 4.10. The quantitative estimate of drug-likeness (QED) is 0.631. The van der Waals surface area contributed by atoms with Crippen LogP contribution in [0.1, 0.15) is 11.3 Å². The van der Waals surface area contributed by atoms with Crippen LogP contribution in [0.2, 0.25) is 5.02 Å². The van der Waals surface area contributed by atoms with Gasteiger partial charge in [-0.15, -0.1) is 0 Å². The number of nitrogens with one attached hydrogen (secondary N) is 1. The molecular formula is C19H19ClN2O5S. The average molecular weight is 423 g/mol. The molecule has 9 heteroatoms. The van der Waals surface area contributed by atoms with Gasteiger partial charge in [0.25, 0.3) is 10.0 Å². The summed E-state index contributed by atoms with van der Waals surface area (Å²) in [4.78, 5) is 0.126. The van der Waals surface area contributed by atoms with E-state index >= 15 is 0 Å². The Labute approximate surface area is 168 Å². The molecule has 0 atom stereocenters. The number of nitrogens with zero attached hydrogens (tertiary/aromatic N) is 1. The van der Waals surface area contributed by atoms with E-state index in [0.717, 1.165) is 11.3 Å². The van der Waals surface area contributed by atoms with Crippen molar-refractivity contribution in [1.29, 1.82) is 0 Å². The van der Waals surface area contributed by atoms with Gasteiger partial charge in [-0.2, -0.15) is 0 Å². The van der Waals surface area contributed by atoms with Gasteiger partial charge in [0.2, 0.25) is 0 Å². The summed E-state index contributed by atoms with van der Waals surface area (Å²) in [7, 11) is -0.988. The monoisotopic (exact) mass is 422 g/mol. The number of aryl methyl sites for hydroxylation is 2. The van der Waals surface area contributed by atoms with Gasteiger partial charge in [0.15, 0.2) is 5.76 Å². The van der Waals surface area contributed by atoms with E-state index in [9.17, 15) is 8.42 Å². The van der Waals surface area contributed by atoms with Gasteiger partial charge in [-0.05, 0) is 43.7 Å². The minimum absolute atomic E-state index is 0.126. The van der Waals surface area contributed by atoms with E-state index in [1.54, 1.807) is 25.1 Å². The smallest absolute Gasteiger partial charge is 0.262 e. The molecule has 1 N–H and O–H groups in total. The van der Waals surface area contributed by atoms with Crippen molar-refractivity contribution in [3.63, 3.8) is 0 Å². The van der Waals surface area contributed by atoms with E-state index in [0.29, 0.717) is 17.1 Å². The first-order chi connectivity index (χ1) is 13.2. The van der Waals surface area contributed by atoms with Crippen LogP contribution < -0.4 is 14.2 Å². The van der Waals surface area contributed by atoms with Gasteiger partial charge in [0.05, 0.1) is 35.5 Å². The van der Waals surface area contributed by atoms with Crippen molar-refractivity contribution in [3.8, 4) is 22.8 Å². The van der Waals surface area contributed by atoms with Crippen LogP contribution in [0.3, 0.4) is 0 Å². The number of benzene rings is 2. The summed E-state index contributed by atoms with van der Waals surface area (Å²) >= 11 is 6.12. The van der Waals surface area contributed by atoms with E-state index in [1.807, 2.05) is 6.92 Å². The molecular weight excluding hydrogens is 404 g/mol. The van der Waals surface area contributed by atoms with Gasteiger partial charge in [0, 0.05) is 17.7 Å². The lowest BCUT2D eigenvalue weighted by atomic mass is 10.1. The maximum absolute atomic E-state index is 12.9. The van der Waals surface area contributed by atoms with Gasteiger partial charge in [-0.1, -0.05) is 16.8 Å². The Morgan fingerprint density at radius 3 is 2.32 bits per heavy atom. The van der Waals surface area contributed by atoms with Crippen LogP contribution in [0, 0.1) is 13.8 Å². The lowest BCUT2D eigenvalue weighted by Gasteiger charge is -2.15. The van der Waals surface area contributed by atoms with Crippen molar-refractivity contribution < 1.29 is 22.4 Å². The number of halogens is 1. The van der Waals surface area contributed by atoms with E-state index in [2.05, 4.69) is 9.88 Å². The van der Waals surface area contributed by atoms with Crippen LogP contribution in [0.15, 0.2) is 45.8 Å². The van der Waals surface area contributed by atoms with Gasteiger partial charge >= 0.3 is 0 Å². The summed E-state index contributed by atoms with van der Waals surface area (Å²) in [6.45, 7) is 3.52. The van der Waals surface area contributed by atoms with E-state index in [-0.39, 0.29) is 21.4 Å². The average Bonchev–Trinajstić information content (AvgIpc) is 3.08. The van der Waals surface area contributed by atoms with E-state index in [4.69, 9.17) is 25.6 Å². The van der Waals surface area contributed by atoms with E-state index < -0.39 is 10.0 Å². The zero-order chi connectivity index (χ0) is 20.5. The second-order valence-electron chi connectivity index (χ2n) is 6.11. The van der Waals surface area contributed by atoms with Gasteiger partial charge < -0.3 is 14.0 Å². The van der Waals surface area contributed by atoms with Crippen LogP contribution >= 0.6 is 11.6 Å². The minimum Gasteiger partial charge on any atom is -0.495 e. The number of hydrogen-bond acceptors (Lipinski definition) is 6. The number of hydrogen-bond donors (Lipinski definition) is 1. The molecule has 2 aromatic carbocycles. The molecule has 0 unspecified atom stereocenters. The molecule has 3 aromatic rings. The van der Waals surface area contributed by atoms with Gasteiger partial charge in [0.1, 0.15) is 11.5 Å². The maximum Gasteiger partial charge on any atom is 0.262 e. The molecule has 0 spiro atoms. The minimum atomic E-state index is -3.88. The third kappa shape index (κ3) is 3.93. The SMILES string of the molecule is COc1cc(OC)c(NS(=O)(=O)c2ccc(-c3cc(C)no3)cc2C)cc1Cl. The Hall–Kier alpha value is -2.71. The molecule has 0 amide bonds. The number of aromatic nitrogens is 1. The Morgan fingerprint density at radius 1 is 1.04 bits per heavy atom. The molecule has 7 nitrogen and oxygen atoms in total. The molecule has 0 fully saturated rings. The summed E-state index contributed by atoms with van der Waals surface area (Å²) in [5, 5.41) is 4.11. The van der Waals surface area contributed by atoms with Crippen molar-refractivity contribution in [3.05, 3.63) is 52.7 Å². The van der Waals surface area contributed by atoms with Crippen LogP contribution in [0.25, 0.3) is 11.3 Å². The van der Waals surface area contributed by atoms with Crippen LogP contribution in [0.4, 0.5) is 5.69 Å². The summed E-state index contributed by atoms with van der Waals surface area (Å²) < 4.78 is 44.0. The Bertz CT molecular complexity index is 1130. The highest BCUT2D eigenvalue weighted by atomic mass is 35.5. The van der Waals surface area contributed by atoms with Crippen LogP contribution in [-0.2, 0) is 10.0 Å². The number of rotatable bonds is 6. The van der Waals surface area contributed by atoms with Gasteiger partial charge in [-0.25, -0.2) is 8.42 Å². The Kier molecular flexibility index (Phi) is 5.53. The molecule has 0 saturated heterocycles. The highest BCUT2D eigenvalue weighted by Gasteiger charge is 2.21. The van der Waals surface area contributed by atoms with Crippen molar-refractivity contribution in [2.45, 2.75) is 18.7 Å². The summed E-state index contributed by atoms with van der Waals surface area (Å²) in [6, 6.07) is 9.65. The highest BCUT2D eigenvalue weighted by molar-refractivity contribution is 7.92. The maximum atomic E-state index is 12.9. The molecule has 148 valence electrons. The van der Waals surface area contributed by atoms with Crippen molar-refractivity contribution >= 4 is 27.3 Å². The number of ether oxygens (including phenoxy) is 2. The van der Waals surface area contributed by atoms with Gasteiger partial charge in [-0.3, -0.25) is 4.72 Å². The largest absolute Gasteiger partial charge is 0.495 e. The predicted octanol–water partition coefficient (Wildman–Crippen LogP) is 4.43. The zero-order valence-corrected chi connectivity index (χ0v) is 17.3. The molecule has 28 heavy (non-hydrogen) atoms. The Balaban J connectivity index is 1.96. The first-order valence-corrected chi connectivity index (χ1v) is 10.1. The molecule has 1 aromatic heterocycles. The molecule has 3 rings (SSSR count). The molecule has 0 saturated carbocycles. The summed E-state index contributed by atoms with van der Waals surface area (Å²) in [5.41, 5.74) is 2.25. The molecule has 0 bridgehead atoms. The molecule has 0 radical (unpaired) electrons. The van der Waals surface area contributed by atoms with Crippen molar-refractivity contribution in [2.24, 2.45) is 0 Å². The lowest BCUT2D eigenvalue weighted by Crippen LogP contribution is -2.15. The number of sulfonamides is 1. The molecule has 0 aliphatic carbocycles. The molecule has 0 aliphatic heterocycles. The topological polar surface area (TPSA) is 90.7 Å². The molecule has 1 heterocycles. The van der Waals surface area contributed by atoms with Crippen LogP contribution in [0.5, 0.6) is 11.5 Å². The van der Waals surface area contributed by atoms with Crippen molar-refractivity contribution in [2.75, 3.05) is 18.9 Å². The van der Waals surface area contributed by atoms with Crippen molar-refractivity contribution in [1.82, 2.24) is 5.16 Å². The Morgan fingerprint density at radius 2 is 1.75 bits per heavy atom. The fourth-order valence-corrected chi connectivity index (χ4v) is 4.27. The number of methoxy groups -OCH3 is 2. The second-order valence-corrected chi connectivity index (χ2v) is 8.16. The zero-order valence-electron chi connectivity index (χ0n) is 15.7. The number of anilines is 1. The summed E-state index contributed by atoms with van der Waals surface area (Å²) in [5.74, 6) is 1.24. The fourth-order valence-electron chi connectivity index (χ4n) is 2.74. The third-order valence-corrected chi connectivity index (χ3v) is 5.92. The predicted molar refractivity (Wildman–Crippen MR) is 107 cm³/mol. The fraction of sp³-hybridized carbons (Fsp3) is 0.211. The normalized spacial score (nSPS) is 11.3. The summed E-state index contributed by atoms with van der Waals surface area (Å²) in [6.07, 6.45) is 0. The first kappa shape index (κ1) is 20.0. The second kappa shape index (κ2) is 7.73. The molecule has 0 aliphatic rings.